The average molecular weight is 442 g/mol. The molecule has 4 rings (SSSR count). The van der Waals surface area contributed by atoms with E-state index in [1.54, 1.807) is 31.3 Å². The summed E-state index contributed by atoms with van der Waals surface area (Å²) in [5.74, 6) is 0.762. The molecule has 0 aromatic heterocycles. The highest BCUT2D eigenvalue weighted by Crippen LogP contribution is 2.32. The van der Waals surface area contributed by atoms with Crippen LogP contribution in [0.15, 0.2) is 65.6 Å². The Morgan fingerprint density at radius 1 is 1.06 bits per heavy atom. The van der Waals surface area contributed by atoms with Crippen molar-refractivity contribution in [1.82, 2.24) is 14.5 Å². The Morgan fingerprint density at radius 2 is 1.74 bits per heavy atom. The van der Waals surface area contributed by atoms with Gasteiger partial charge in [0.1, 0.15) is 0 Å². The first kappa shape index (κ1) is 22.5. The molecule has 0 spiro atoms. The lowest BCUT2D eigenvalue weighted by molar-refractivity contribution is 0.148. The van der Waals surface area contributed by atoms with E-state index in [2.05, 4.69) is 41.4 Å². The Balaban J connectivity index is 1.50. The van der Waals surface area contributed by atoms with Gasteiger partial charge in [0.05, 0.1) is 4.90 Å². The molecule has 0 aliphatic carbocycles. The number of hydrogen-bond acceptors (Lipinski definition) is 4. The third-order valence-electron chi connectivity index (χ3n) is 7.21. The van der Waals surface area contributed by atoms with Gasteiger partial charge in [0.2, 0.25) is 10.0 Å². The summed E-state index contributed by atoms with van der Waals surface area (Å²) in [6.45, 7) is 7.08. The van der Waals surface area contributed by atoms with Crippen molar-refractivity contribution in [2.24, 2.45) is 5.92 Å². The Hall–Kier alpha value is -1.73. The van der Waals surface area contributed by atoms with Crippen LogP contribution in [0.4, 0.5) is 0 Å². The van der Waals surface area contributed by atoms with E-state index in [0.717, 1.165) is 38.5 Å². The topological polar surface area (TPSA) is 52.6 Å². The van der Waals surface area contributed by atoms with E-state index < -0.39 is 10.0 Å². The number of hydrogen-bond donors (Lipinski definition) is 1. The van der Waals surface area contributed by atoms with Crippen molar-refractivity contribution in [1.29, 1.82) is 0 Å². The molecule has 2 aliphatic rings. The standard InChI is InChI=1S/C25H35N3O2S/c1-25(22-9-5-3-6-10-22,15-18-28-17-14-24-21(19-28)13-16-26-24)20-27(2)31(29,30)23-11-7-4-8-12-23/h3-12,21,24,26H,13-20H2,1-2H3/t21?,24?,25-/m1/s1. The van der Waals surface area contributed by atoms with Crippen LogP contribution in [0, 0.1) is 5.92 Å². The fourth-order valence-corrected chi connectivity index (χ4v) is 6.55. The van der Waals surface area contributed by atoms with E-state index >= 15 is 0 Å². The van der Waals surface area contributed by atoms with Gasteiger partial charge in [-0.2, -0.15) is 0 Å². The van der Waals surface area contributed by atoms with Gasteiger partial charge in [-0.3, -0.25) is 0 Å². The van der Waals surface area contributed by atoms with Crippen molar-refractivity contribution in [3.05, 3.63) is 66.2 Å². The van der Waals surface area contributed by atoms with E-state index in [1.807, 2.05) is 12.1 Å². The van der Waals surface area contributed by atoms with Crippen LogP contribution >= 0.6 is 0 Å². The zero-order chi connectivity index (χ0) is 21.9. The summed E-state index contributed by atoms with van der Waals surface area (Å²) in [4.78, 5) is 2.94. The van der Waals surface area contributed by atoms with Crippen molar-refractivity contribution in [2.45, 2.75) is 42.5 Å². The summed E-state index contributed by atoms with van der Waals surface area (Å²) < 4.78 is 27.9. The quantitative estimate of drug-likeness (QED) is 0.683. The van der Waals surface area contributed by atoms with E-state index in [0.29, 0.717) is 17.5 Å². The number of likely N-dealkylation sites (tertiary alicyclic amines) is 1. The first-order chi connectivity index (χ1) is 14.9. The number of benzene rings is 2. The number of likely N-dealkylation sites (N-methyl/N-ethyl adjacent to an activating group) is 1. The monoisotopic (exact) mass is 441 g/mol. The first-order valence-electron chi connectivity index (χ1n) is 11.4. The van der Waals surface area contributed by atoms with Gasteiger partial charge in [-0.05, 0) is 62.5 Å². The van der Waals surface area contributed by atoms with Gasteiger partial charge in [0.25, 0.3) is 0 Å². The molecule has 3 atom stereocenters. The molecular formula is C25H35N3O2S. The summed E-state index contributed by atoms with van der Waals surface area (Å²) in [7, 11) is -1.82. The second kappa shape index (κ2) is 9.41. The van der Waals surface area contributed by atoms with Gasteiger partial charge in [0.15, 0.2) is 0 Å². The molecular weight excluding hydrogens is 406 g/mol. The molecule has 0 bridgehead atoms. The zero-order valence-corrected chi connectivity index (χ0v) is 19.5. The van der Waals surface area contributed by atoms with Crippen LogP contribution in [-0.4, -0.2) is 63.4 Å². The van der Waals surface area contributed by atoms with Crippen LogP contribution in [0.5, 0.6) is 0 Å². The minimum Gasteiger partial charge on any atom is -0.314 e. The predicted molar refractivity (Wildman–Crippen MR) is 126 cm³/mol. The Kier molecular flexibility index (Phi) is 6.82. The third kappa shape index (κ3) is 5.03. The lowest BCUT2D eigenvalue weighted by Gasteiger charge is -2.39. The van der Waals surface area contributed by atoms with Crippen LogP contribution in [0.2, 0.25) is 0 Å². The number of fused-ring (bicyclic) bond motifs is 1. The lowest BCUT2D eigenvalue weighted by atomic mass is 9.79. The maximum atomic E-state index is 13.2. The fraction of sp³-hybridized carbons (Fsp3) is 0.520. The summed E-state index contributed by atoms with van der Waals surface area (Å²) >= 11 is 0. The van der Waals surface area contributed by atoms with Crippen LogP contribution in [-0.2, 0) is 15.4 Å². The number of rotatable bonds is 8. The highest BCUT2D eigenvalue weighted by atomic mass is 32.2. The molecule has 2 fully saturated rings. The van der Waals surface area contributed by atoms with Crippen LogP contribution in [0.1, 0.15) is 31.7 Å². The normalized spacial score (nSPS) is 24.1. The number of nitrogens with one attached hydrogen (secondary N) is 1. The van der Waals surface area contributed by atoms with E-state index in [1.165, 1.54) is 22.7 Å². The molecule has 0 amide bonds. The SMILES string of the molecule is CN(C[C@@](C)(CCN1CCC2NCCC2C1)c1ccccc1)S(=O)(=O)c1ccccc1. The van der Waals surface area contributed by atoms with Gasteiger partial charge in [-0.25, -0.2) is 12.7 Å². The molecule has 2 saturated heterocycles. The largest absolute Gasteiger partial charge is 0.314 e. The smallest absolute Gasteiger partial charge is 0.242 e. The minimum absolute atomic E-state index is 0.261. The van der Waals surface area contributed by atoms with Crippen LogP contribution in [0.3, 0.4) is 0 Å². The second-order valence-electron chi connectivity index (χ2n) is 9.45. The number of piperidine rings is 1. The van der Waals surface area contributed by atoms with Crippen LogP contribution < -0.4 is 5.32 Å². The van der Waals surface area contributed by atoms with Gasteiger partial charge >= 0.3 is 0 Å². The highest BCUT2D eigenvalue weighted by Gasteiger charge is 2.36. The zero-order valence-electron chi connectivity index (χ0n) is 18.7. The molecule has 1 N–H and O–H groups in total. The molecule has 2 heterocycles. The first-order valence-corrected chi connectivity index (χ1v) is 12.9. The van der Waals surface area contributed by atoms with Gasteiger partial charge in [-0.15, -0.1) is 0 Å². The van der Waals surface area contributed by atoms with Gasteiger partial charge in [-0.1, -0.05) is 55.5 Å². The molecule has 168 valence electrons. The van der Waals surface area contributed by atoms with Gasteiger partial charge in [0, 0.05) is 31.6 Å². The maximum absolute atomic E-state index is 13.2. The minimum atomic E-state index is -3.52. The number of sulfonamides is 1. The van der Waals surface area contributed by atoms with Gasteiger partial charge < -0.3 is 10.2 Å². The third-order valence-corrected chi connectivity index (χ3v) is 9.03. The van der Waals surface area contributed by atoms with Crippen molar-refractivity contribution >= 4 is 10.0 Å². The number of nitrogens with zero attached hydrogens (tertiary/aromatic N) is 2. The molecule has 2 aromatic rings. The molecule has 2 unspecified atom stereocenters. The van der Waals surface area contributed by atoms with Crippen molar-refractivity contribution in [2.75, 3.05) is 39.8 Å². The average Bonchev–Trinajstić information content (AvgIpc) is 3.27. The van der Waals surface area contributed by atoms with Crippen molar-refractivity contribution in [3.8, 4) is 0 Å². The lowest BCUT2D eigenvalue weighted by Crippen LogP contribution is -2.47. The Labute approximate surface area is 187 Å². The van der Waals surface area contributed by atoms with E-state index in [9.17, 15) is 8.42 Å². The van der Waals surface area contributed by atoms with Crippen LogP contribution in [0.25, 0.3) is 0 Å². The Bertz CT molecular complexity index is 951. The fourth-order valence-electron chi connectivity index (χ4n) is 5.23. The van der Waals surface area contributed by atoms with E-state index in [-0.39, 0.29) is 5.41 Å². The molecule has 31 heavy (non-hydrogen) atoms. The molecule has 0 radical (unpaired) electrons. The molecule has 2 aromatic carbocycles. The highest BCUT2D eigenvalue weighted by molar-refractivity contribution is 7.89. The maximum Gasteiger partial charge on any atom is 0.242 e. The van der Waals surface area contributed by atoms with Crippen molar-refractivity contribution in [3.63, 3.8) is 0 Å². The summed E-state index contributed by atoms with van der Waals surface area (Å²) in [6, 6.07) is 19.8. The molecule has 6 heteroatoms. The molecule has 0 saturated carbocycles. The molecule has 2 aliphatic heterocycles. The molecule has 5 nitrogen and oxygen atoms in total. The summed E-state index contributed by atoms with van der Waals surface area (Å²) in [5.41, 5.74) is 0.936. The summed E-state index contributed by atoms with van der Waals surface area (Å²) in [6.07, 6.45) is 3.42. The summed E-state index contributed by atoms with van der Waals surface area (Å²) in [5, 5.41) is 3.64. The predicted octanol–water partition coefficient (Wildman–Crippen LogP) is 3.34. The van der Waals surface area contributed by atoms with Crippen molar-refractivity contribution < 1.29 is 8.42 Å². The second-order valence-corrected chi connectivity index (χ2v) is 11.5. The Morgan fingerprint density at radius 3 is 2.45 bits per heavy atom. The van der Waals surface area contributed by atoms with E-state index in [4.69, 9.17) is 0 Å².